The molecule has 11 heavy (non-hydrogen) atoms. The van der Waals surface area contributed by atoms with Crippen LogP contribution in [-0.4, -0.2) is 37.9 Å². The van der Waals surface area contributed by atoms with Crippen molar-refractivity contribution in [3.8, 4) is 6.07 Å². The van der Waals surface area contributed by atoms with E-state index in [-0.39, 0.29) is 0 Å². The molecule has 0 aromatic carbocycles. The minimum Gasteiger partial charge on any atom is -0.379 e. The van der Waals surface area contributed by atoms with Gasteiger partial charge < -0.3 is 4.74 Å². The highest BCUT2D eigenvalue weighted by molar-refractivity contribution is 4.71. The monoisotopic (exact) mass is 155 g/mol. The van der Waals surface area contributed by atoms with E-state index in [1.165, 1.54) is 0 Å². The van der Waals surface area contributed by atoms with Gasteiger partial charge in [-0.25, -0.2) is 5.01 Å². The van der Waals surface area contributed by atoms with Gasteiger partial charge in [0.25, 0.3) is 0 Å². The molecule has 0 spiro atoms. The van der Waals surface area contributed by atoms with Crippen LogP contribution in [0.1, 0.15) is 6.42 Å². The molecule has 0 aromatic heterocycles. The molecule has 4 nitrogen and oxygen atoms in total. The third-order valence-electron chi connectivity index (χ3n) is 1.58. The van der Waals surface area contributed by atoms with Crippen molar-refractivity contribution in [2.45, 2.75) is 6.42 Å². The van der Waals surface area contributed by atoms with Gasteiger partial charge in [-0.2, -0.15) is 5.26 Å². The summed E-state index contributed by atoms with van der Waals surface area (Å²) >= 11 is 0. The quantitative estimate of drug-likeness (QED) is 0.596. The molecule has 1 rings (SSSR count). The Balaban J connectivity index is 2.15. The SMILES string of the molecule is N#CCCN1CCOCCN1. The fourth-order valence-corrected chi connectivity index (χ4v) is 1.01. The topological polar surface area (TPSA) is 48.3 Å². The first-order chi connectivity index (χ1) is 5.43. The summed E-state index contributed by atoms with van der Waals surface area (Å²) in [6, 6.07) is 2.11. The van der Waals surface area contributed by atoms with Crippen LogP contribution in [0.25, 0.3) is 0 Å². The molecule has 0 bridgehead atoms. The zero-order chi connectivity index (χ0) is 7.94. The van der Waals surface area contributed by atoms with E-state index < -0.39 is 0 Å². The van der Waals surface area contributed by atoms with E-state index in [0.29, 0.717) is 6.42 Å². The van der Waals surface area contributed by atoms with E-state index >= 15 is 0 Å². The van der Waals surface area contributed by atoms with E-state index in [9.17, 15) is 0 Å². The van der Waals surface area contributed by atoms with Crippen LogP contribution in [0.15, 0.2) is 0 Å². The molecular formula is C7H13N3O. The maximum atomic E-state index is 8.33. The van der Waals surface area contributed by atoms with Crippen LogP contribution in [0.5, 0.6) is 0 Å². The molecule has 0 unspecified atom stereocenters. The standard InChI is InChI=1S/C7H13N3O/c8-2-1-4-10-5-7-11-6-3-9-10/h9H,1,3-7H2. The molecule has 1 heterocycles. The van der Waals surface area contributed by atoms with Gasteiger partial charge in [0.1, 0.15) is 0 Å². The molecule has 0 atom stereocenters. The highest BCUT2D eigenvalue weighted by Crippen LogP contribution is 1.90. The van der Waals surface area contributed by atoms with Gasteiger partial charge in [0.2, 0.25) is 0 Å². The minimum absolute atomic E-state index is 0.576. The van der Waals surface area contributed by atoms with Gasteiger partial charge in [-0.15, -0.1) is 0 Å². The largest absolute Gasteiger partial charge is 0.379 e. The summed E-state index contributed by atoms with van der Waals surface area (Å²) in [5.74, 6) is 0. The summed E-state index contributed by atoms with van der Waals surface area (Å²) in [6.07, 6.45) is 0.576. The molecule has 1 aliphatic rings. The zero-order valence-electron chi connectivity index (χ0n) is 6.55. The molecule has 1 N–H and O–H groups in total. The van der Waals surface area contributed by atoms with Crippen LogP contribution in [0.3, 0.4) is 0 Å². The van der Waals surface area contributed by atoms with Crippen LogP contribution in [0.4, 0.5) is 0 Å². The summed E-state index contributed by atoms with van der Waals surface area (Å²) in [6.45, 7) is 4.05. The van der Waals surface area contributed by atoms with Gasteiger partial charge >= 0.3 is 0 Å². The first-order valence-corrected chi connectivity index (χ1v) is 3.86. The van der Waals surface area contributed by atoms with Crippen molar-refractivity contribution in [1.29, 1.82) is 5.26 Å². The molecule has 0 radical (unpaired) electrons. The van der Waals surface area contributed by atoms with Crippen LogP contribution in [0.2, 0.25) is 0 Å². The number of nitrogens with one attached hydrogen (secondary N) is 1. The lowest BCUT2D eigenvalue weighted by Crippen LogP contribution is -2.39. The van der Waals surface area contributed by atoms with E-state index in [0.717, 1.165) is 32.8 Å². The smallest absolute Gasteiger partial charge is 0.0635 e. The first kappa shape index (κ1) is 8.47. The summed E-state index contributed by atoms with van der Waals surface area (Å²) in [7, 11) is 0. The normalized spacial score (nSPS) is 20.6. The van der Waals surface area contributed by atoms with Gasteiger partial charge in [0, 0.05) is 26.1 Å². The van der Waals surface area contributed by atoms with Gasteiger partial charge in [-0.05, 0) is 0 Å². The van der Waals surface area contributed by atoms with Crippen molar-refractivity contribution in [2.24, 2.45) is 0 Å². The summed E-state index contributed by atoms with van der Waals surface area (Å²) < 4.78 is 5.22. The van der Waals surface area contributed by atoms with E-state index in [2.05, 4.69) is 11.5 Å². The predicted molar refractivity (Wildman–Crippen MR) is 40.6 cm³/mol. The average Bonchev–Trinajstić information content (AvgIpc) is 2.28. The number of hydrazine groups is 1. The Kier molecular flexibility index (Phi) is 3.91. The lowest BCUT2D eigenvalue weighted by molar-refractivity contribution is 0.142. The van der Waals surface area contributed by atoms with E-state index in [1.54, 1.807) is 0 Å². The molecule has 0 aliphatic carbocycles. The molecule has 1 fully saturated rings. The predicted octanol–water partition coefficient (Wildman–Crippen LogP) is -0.263. The number of hydrogen-bond acceptors (Lipinski definition) is 4. The Morgan fingerprint density at radius 3 is 3.27 bits per heavy atom. The third-order valence-corrected chi connectivity index (χ3v) is 1.58. The Labute approximate surface area is 66.7 Å². The van der Waals surface area contributed by atoms with Gasteiger partial charge in [0.15, 0.2) is 0 Å². The molecule has 0 aromatic rings. The highest BCUT2D eigenvalue weighted by atomic mass is 16.5. The number of rotatable bonds is 2. The fraction of sp³-hybridized carbons (Fsp3) is 0.857. The van der Waals surface area contributed by atoms with Crippen molar-refractivity contribution in [1.82, 2.24) is 10.4 Å². The Hall–Kier alpha value is -0.630. The molecular weight excluding hydrogens is 142 g/mol. The average molecular weight is 155 g/mol. The van der Waals surface area contributed by atoms with E-state index in [4.69, 9.17) is 10.00 Å². The molecule has 62 valence electrons. The second kappa shape index (κ2) is 5.08. The van der Waals surface area contributed by atoms with Crippen molar-refractivity contribution in [3.05, 3.63) is 0 Å². The van der Waals surface area contributed by atoms with Crippen LogP contribution in [0, 0.1) is 11.3 Å². The molecule has 0 amide bonds. The molecule has 1 saturated heterocycles. The first-order valence-electron chi connectivity index (χ1n) is 3.86. The summed E-state index contributed by atoms with van der Waals surface area (Å²) in [5.41, 5.74) is 3.17. The number of nitrogens with zero attached hydrogens (tertiary/aromatic N) is 2. The summed E-state index contributed by atoms with van der Waals surface area (Å²) in [4.78, 5) is 0. The Morgan fingerprint density at radius 2 is 2.45 bits per heavy atom. The second-order valence-electron chi connectivity index (χ2n) is 2.42. The number of hydrogen-bond donors (Lipinski definition) is 1. The van der Waals surface area contributed by atoms with Crippen molar-refractivity contribution in [2.75, 3.05) is 32.8 Å². The van der Waals surface area contributed by atoms with Crippen molar-refractivity contribution >= 4 is 0 Å². The zero-order valence-corrected chi connectivity index (χ0v) is 6.55. The van der Waals surface area contributed by atoms with Gasteiger partial charge in [-0.1, -0.05) is 0 Å². The van der Waals surface area contributed by atoms with Gasteiger partial charge in [-0.3, -0.25) is 5.43 Å². The lowest BCUT2D eigenvalue weighted by atomic mass is 10.4. The Bertz CT molecular complexity index is 135. The molecule has 0 saturated carbocycles. The number of nitriles is 1. The van der Waals surface area contributed by atoms with Crippen LogP contribution >= 0.6 is 0 Å². The molecule has 4 heteroatoms. The van der Waals surface area contributed by atoms with Crippen molar-refractivity contribution in [3.63, 3.8) is 0 Å². The number of ether oxygens (including phenoxy) is 1. The maximum Gasteiger partial charge on any atom is 0.0635 e. The highest BCUT2D eigenvalue weighted by Gasteiger charge is 2.06. The van der Waals surface area contributed by atoms with Gasteiger partial charge in [0.05, 0.1) is 19.3 Å². The lowest BCUT2D eigenvalue weighted by Gasteiger charge is -2.17. The third kappa shape index (κ3) is 3.33. The van der Waals surface area contributed by atoms with Crippen molar-refractivity contribution < 1.29 is 4.74 Å². The summed E-state index contributed by atoms with van der Waals surface area (Å²) in [5, 5.41) is 10.4. The minimum atomic E-state index is 0.576. The van der Waals surface area contributed by atoms with Crippen LogP contribution < -0.4 is 5.43 Å². The van der Waals surface area contributed by atoms with E-state index in [1.807, 2.05) is 5.01 Å². The second-order valence-corrected chi connectivity index (χ2v) is 2.42. The van der Waals surface area contributed by atoms with Crippen LogP contribution in [-0.2, 0) is 4.74 Å². The fourth-order valence-electron chi connectivity index (χ4n) is 1.01. The Morgan fingerprint density at radius 1 is 1.55 bits per heavy atom. The maximum absolute atomic E-state index is 8.33. The molecule has 1 aliphatic heterocycles.